The van der Waals surface area contributed by atoms with E-state index in [1.807, 2.05) is 30.3 Å². The van der Waals surface area contributed by atoms with Gasteiger partial charge in [-0.25, -0.2) is 0 Å². The van der Waals surface area contributed by atoms with Gasteiger partial charge in [-0.3, -0.25) is 14.5 Å². The van der Waals surface area contributed by atoms with Crippen molar-refractivity contribution < 1.29 is 14.7 Å². The van der Waals surface area contributed by atoms with Gasteiger partial charge in [0.05, 0.1) is 17.5 Å². The van der Waals surface area contributed by atoms with Crippen molar-refractivity contribution in [1.29, 1.82) is 0 Å². The number of aliphatic hydroxyl groups is 1. The largest absolute Gasteiger partial charge is 0.396 e. The fraction of sp³-hybridized carbons (Fsp3) is 0.444. The molecule has 2 bridgehead atoms. The Morgan fingerprint density at radius 2 is 1.64 bits per heavy atom. The second-order valence-corrected chi connectivity index (χ2v) is 7.03. The van der Waals surface area contributed by atoms with Crippen molar-refractivity contribution >= 4 is 17.5 Å². The van der Waals surface area contributed by atoms with Gasteiger partial charge in [0.2, 0.25) is 11.8 Å². The number of carbonyl (C=O) groups excluding carboxylic acids is 2. The topological polar surface area (TPSA) is 57.6 Å². The zero-order chi connectivity index (χ0) is 15.1. The first-order valence-corrected chi connectivity index (χ1v) is 7.92. The summed E-state index contributed by atoms with van der Waals surface area (Å²) in [6.07, 6.45) is 5.20. The molecule has 1 spiro atoms. The van der Waals surface area contributed by atoms with Crippen LogP contribution in [0.3, 0.4) is 0 Å². The summed E-state index contributed by atoms with van der Waals surface area (Å²) in [5.74, 6) is -0.0379. The molecular weight excluding hydrogens is 278 g/mol. The number of allylic oxidation sites excluding steroid dienone is 2. The molecule has 4 nitrogen and oxygen atoms in total. The lowest BCUT2D eigenvalue weighted by Crippen LogP contribution is -2.35. The highest BCUT2D eigenvalue weighted by atomic mass is 16.3. The monoisotopic (exact) mass is 295 g/mol. The molecule has 5 rings (SSSR count). The van der Waals surface area contributed by atoms with Crippen LogP contribution < -0.4 is 4.90 Å². The van der Waals surface area contributed by atoms with Crippen molar-refractivity contribution in [3.63, 3.8) is 0 Å². The van der Waals surface area contributed by atoms with Gasteiger partial charge in [0.25, 0.3) is 0 Å². The van der Waals surface area contributed by atoms with Crippen LogP contribution in [-0.4, -0.2) is 23.5 Å². The predicted molar refractivity (Wildman–Crippen MR) is 79.7 cm³/mol. The van der Waals surface area contributed by atoms with E-state index in [2.05, 4.69) is 12.2 Å². The molecule has 2 saturated carbocycles. The Labute approximate surface area is 128 Å². The summed E-state index contributed by atoms with van der Waals surface area (Å²) < 4.78 is 0. The fourth-order valence-corrected chi connectivity index (χ4v) is 5.45. The first-order chi connectivity index (χ1) is 10.7. The van der Waals surface area contributed by atoms with Crippen LogP contribution in [0.4, 0.5) is 5.69 Å². The van der Waals surface area contributed by atoms with Gasteiger partial charge in [-0.15, -0.1) is 0 Å². The molecule has 2 amide bonds. The average molecular weight is 295 g/mol. The Balaban J connectivity index is 1.55. The number of carbonyl (C=O) groups is 2. The van der Waals surface area contributed by atoms with E-state index in [1.165, 1.54) is 4.90 Å². The quantitative estimate of drug-likeness (QED) is 0.666. The molecule has 1 saturated heterocycles. The second-order valence-electron chi connectivity index (χ2n) is 7.03. The van der Waals surface area contributed by atoms with Crippen molar-refractivity contribution in [1.82, 2.24) is 0 Å². The minimum Gasteiger partial charge on any atom is -0.396 e. The zero-order valence-corrected chi connectivity index (χ0v) is 12.1. The highest BCUT2D eigenvalue weighted by molar-refractivity contribution is 6.23. The molecule has 112 valence electrons. The fourth-order valence-electron chi connectivity index (χ4n) is 5.45. The van der Waals surface area contributed by atoms with Gasteiger partial charge in [-0.05, 0) is 41.7 Å². The number of amides is 2. The highest BCUT2D eigenvalue weighted by Crippen LogP contribution is 2.76. The number of hydrogen-bond acceptors (Lipinski definition) is 3. The standard InChI is InChI=1S/C18H17NO3/c20-9-10-8-18(10)12-6-7-13(18)15-14(12)16(21)19(17(15)22)11-4-2-1-3-5-11/h1-7,10,12-15,20H,8-9H2/t10-,12-,13+,14+,15-,18?/m1/s1. The van der Waals surface area contributed by atoms with Crippen LogP contribution in [0.2, 0.25) is 0 Å². The first-order valence-electron chi connectivity index (χ1n) is 7.92. The number of fused-ring (bicyclic) bond motifs is 3. The number of aliphatic hydroxyl groups excluding tert-OH is 1. The molecule has 1 heterocycles. The summed E-state index contributed by atoms with van der Waals surface area (Å²) in [6.45, 7) is 0.166. The second kappa shape index (κ2) is 3.87. The molecule has 3 fully saturated rings. The third kappa shape index (κ3) is 1.20. The van der Waals surface area contributed by atoms with Gasteiger partial charge in [0.1, 0.15) is 0 Å². The third-order valence-corrected chi connectivity index (χ3v) is 6.37. The van der Waals surface area contributed by atoms with Gasteiger partial charge in [0.15, 0.2) is 0 Å². The van der Waals surface area contributed by atoms with E-state index in [4.69, 9.17) is 0 Å². The summed E-state index contributed by atoms with van der Waals surface area (Å²) in [6, 6.07) is 9.21. The van der Waals surface area contributed by atoms with Crippen LogP contribution in [0.1, 0.15) is 6.42 Å². The molecule has 0 radical (unpaired) electrons. The number of nitrogens with zero attached hydrogens (tertiary/aromatic N) is 1. The normalized spacial score (nSPS) is 44.2. The molecule has 1 aromatic carbocycles. The maximum atomic E-state index is 12.9. The first kappa shape index (κ1) is 12.6. The van der Waals surface area contributed by atoms with Crippen molar-refractivity contribution in [3.8, 4) is 0 Å². The lowest BCUT2D eigenvalue weighted by Gasteiger charge is -2.22. The summed E-state index contributed by atoms with van der Waals surface area (Å²) >= 11 is 0. The molecule has 1 aromatic rings. The maximum absolute atomic E-state index is 12.9. The maximum Gasteiger partial charge on any atom is 0.238 e. The Kier molecular flexibility index (Phi) is 2.22. The van der Waals surface area contributed by atoms with Crippen molar-refractivity contribution in [2.45, 2.75) is 6.42 Å². The van der Waals surface area contributed by atoms with Crippen LogP contribution in [0.5, 0.6) is 0 Å². The molecule has 6 atom stereocenters. The highest BCUT2D eigenvalue weighted by Gasteiger charge is 2.77. The molecule has 3 aliphatic carbocycles. The van der Waals surface area contributed by atoms with Crippen LogP contribution >= 0.6 is 0 Å². The van der Waals surface area contributed by atoms with Gasteiger partial charge in [-0.2, -0.15) is 0 Å². The smallest absolute Gasteiger partial charge is 0.238 e. The van der Waals surface area contributed by atoms with Crippen molar-refractivity contribution in [2.75, 3.05) is 11.5 Å². The van der Waals surface area contributed by atoms with Crippen LogP contribution in [0, 0.1) is 35.0 Å². The van der Waals surface area contributed by atoms with Crippen LogP contribution in [-0.2, 0) is 9.59 Å². The Morgan fingerprint density at radius 1 is 1.05 bits per heavy atom. The van der Waals surface area contributed by atoms with E-state index < -0.39 is 0 Å². The number of imide groups is 1. The number of para-hydroxylation sites is 1. The SMILES string of the molecule is O=C1[C@@H]2[C@H](C(=O)N1c1ccccc1)[C@@H]1C=C[C@H]2C12C[C@@H]2CO. The van der Waals surface area contributed by atoms with E-state index in [0.29, 0.717) is 5.69 Å². The third-order valence-electron chi connectivity index (χ3n) is 6.37. The molecule has 1 N–H and O–H groups in total. The lowest BCUT2D eigenvalue weighted by atomic mass is 9.85. The van der Waals surface area contributed by atoms with Gasteiger partial charge >= 0.3 is 0 Å². The zero-order valence-electron chi connectivity index (χ0n) is 12.1. The molecular formula is C18H17NO3. The van der Waals surface area contributed by atoms with Crippen molar-refractivity contribution in [3.05, 3.63) is 42.5 Å². The van der Waals surface area contributed by atoms with E-state index in [0.717, 1.165) is 6.42 Å². The number of benzene rings is 1. The van der Waals surface area contributed by atoms with Crippen LogP contribution in [0.15, 0.2) is 42.5 Å². The van der Waals surface area contributed by atoms with E-state index in [9.17, 15) is 14.7 Å². The van der Waals surface area contributed by atoms with Crippen molar-refractivity contribution in [2.24, 2.45) is 35.0 Å². The predicted octanol–water partition coefficient (Wildman–Crippen LogP) is 1.61. The Bertz CT molecular complexity index is 678. The Hall–Kier alpha value is -1.94. The average Bonchev–Trinajstić information content (AvgIpc) is 2.99. The van der Waals surface area contributed by atoms with E-state index in [1.54, 1.807) is 0 Å². The number of rotatable bonds is 2. The number of hydrogen-bond donors (Lipinski definition) is 1. The molecule has 4 aliphatic rings. The van der Waals surface area contributed by atoms with Gasteiger partial charge in [0, 0.05) is 6.61 Å². The van der Waals surface area contributed by atoms with E-state index in [-0.39, 0.29) is 53.4 Å². The molecule has 4 heteroatoms. The summed E-state index contributed by atoms with van der Waals surface area (Å²) in [5.41, 5.74) is 0.674. The summed E-state index contributed by atoms with van der Waals surface area (Å²) in [7, 11) is 0. The number of anilines is 1. The van der Waals surface area contributed by atoms with Crippen LogP contribution in [0.25, 0.3) is 0 Å². The summed E-state index contributed by atoms with van der Waals surface area (Å²) in [4.78, 5) is 27.2. The summed E-state index contributed by atoms with van der Waals surface area (Å²) in [5, 5.41) is 9.51. The molecule has 1 unspecified atom stereocenters. The molecule has 1 aliphatic heterocycles. The lowest BCUT2D eigenvalue weighted by molar-refractivity contribution is -0.123. The Morgan fingerprint density at radius 3 is 2.14 bits per heavy atom. The minimum atomic E-state index is -0.223. The van der Waals surface area contributed by atoms with E-state index >= 15 is 0 Å². The van der Waals surface area contributed by atoms with Gasteiger partial charge < -0.3 is 5.11 Å². The minimum absolute atomic E-state index is 0.00180. The van der Waals surface area contributed by atoms with Gasteiger partial charge in [-0.1, -0.05) is 30.4 Å². The molecule has 0 aromatic heterocycles. The molecule has 22 heavy (non-hydrogen) atoms.